The average Bonchev–Trinajstić information content (AvgIpc) is 2.60. The lowest BCUT2D eigenvalue weighted by molar-refractivity contribution is -0.0267. The van der Waals surface area contributed by atoms with Crippen LogP contribution < -0.4 is 10.6 Å². The largest absolute Gasteiger partial charge is 0.368 e. The summed E-state index contributed by atoms with van der Waals surface area (Å²) in [5.74, 6) is -1.78. The van der Waals surface area contributed by atoms with Crippen molar-refractivity contribution >= 4 is 11.8 Å². The van der Waals surface area contributed by atoms with Crippen LogP contribution in [0.3, 0.4) is 0 Å². The summed E-state index contributed by atoms with van der Waals surface area (Å²) in [7, 11) is 0. The number of hydrogen-bond acceptors (Lipinski definition) is 4. The van der Waals surface area contributed by atoms with Crippen molar-refractivity contribution in [2.45, 2.75) is 25.2 Å². The van der Waals surface area contributed by atoms with Crippen molar-refractivity contribution in [2.24, 2.45) is 0 Å². The molecule has 0 unspecified atom stereocenters. The Morgan fingerprint density at radius 2 is 1.94 bits per heavy atom. The smallest absolute Gasteiger partial charge is 0.282 e. The van der Waals surface area contributed by atoms with Gasteiger partial charge in [-0.15, -0.1) is 0 Å². The summed E-state index contributed by atoms with van der Waals surface area (Å²) < 4.78 is 25.6. The molecule has 0 radical (unpaired) electrons. The Morgan fingerprint density at radius 3 is 2.62 bits per heavy atom. The van der Waals surface area contributed by atoms with E-state index in [0.29, 0.717) is 5.82 Å². The minimum atomic E-state index is -2.58. The van der Waals surface area contributed by atoms with Crippen molar-refractivity contribution < 1.29 is 8.78 Å². The molecule has 2 N–H and O–H groups in total. The monoisotopic (exact) mass is 226 g/mol. The first kappa shape index (κ1) is 9.74. The fourth-order valence-corrected chi connectivity index (χ4v) is 2.35. The Kier molecular flexibility index (Phi) is 1.84. The van der Waals surface area contributed by atoms with Crippen LogP contribution in [0.2, 0.25) is 0 Å². The van der Waals surface area contributed by atoms with Gasteiger partial charge >= 0.3 is 0 Å². The first-order valence-corrected chi connectivity index (χ1v) is 5.33. The maximum absolute atomic E-state index is 12.8. The van der Waals surface area contributed by atoms with Crippen LogP contribution in [-0.4, -0.2) is 29.0 Å². The lowest BCUT2D eigenvalue weighted by Gasteiger charge is -2.40. The molecule has 1 aliphatic heterocycles. The Balaban J connectivity index is 1.96. The van der Waals surface area contributed by atoms with E-state index in [-0.39, 0.29) is 19.0 Å². The predicted octanol–water partition coefficient (Wildman–Crippen LogP) is 1.00. The number of anilines is 2. The molecule has 3 rings (SSSR count). The van der Waals surface area contributed by atoms with Crippen LogP contribution in [0.5, 0.6) is 0 Å². The molecule has 0 spiro atoms. The highest BCUT2D eigenvalue weighted by Gasteiger charge is 2.45. The van der Waals surface area contributed by atoms with Crippen LogP contribution in [-0.2, 0) is 12.8 Å². The van der Waals surface area contributed by atoms with E-state index >= 15 is 0 Å². The molecule has 0 atom stereocenters. The zero-order chi connectivity index (χ0) is 11.3. The van der Waals surface area contributed by atoms with Gasteiger partial charge in [0.25, 0.3) is 5.92 Å². The number of alkyl halides is 2. The second-order valence-electron chi connectivity index (χ2n) is 4.40. The fraction of sp³-hybridized carbons (Fsp3) is 0.600. The van der Waals surface area contributed by atoms with E-state index in [9.17, 15) is 8.78 Å². The number of aryl methyl sites for hydroxylation is 1. The SMILES string of the molecule is Nc1nc2c(c(N3CC(F)(F)C3)n1)CCC2. The summed E-state index contributed by atoms with van der Waals surface area (Å²) in [6, 6.07) is 0. The summed E-state index contributed by atoms with van der Waals surface area (Å²) in [5.41, 5.74) is 7.51. The van der Waals surface area contributed by atoms with Gasteiger partial charge in [0.15, 0.2) is 0 Å². The maximum atomic E-state index is 12.8. The van der Waals surface area contributed by atoms with Crippen LogP contribution in [0.15, 0.2) is 0 Å². The Hall–Kier alpha value is -1.46. The first-order chi connectivity index (χ1) is 7.55. The molecular weight excluding hydrogens is 214 g/mol. The van der Waals surface area contributed by atoms with E-state index < -0.39 is 5.92 Å². The van der Waals surface area contributed by atoms with Crippen molar-refractivity contribution in [1.82, 2.24) is 9.97 Å². The quantitative estimate of drug-likeness (QED) is 0.776. The van der Waals surface area contributed by atoms with E-state index in [1.165, 1.54) is 0 Å². The number of hydrogen-bond donors (Lipinski definition) is 1. The normalized spacial score (nSPS) is 21.8. The molecular formula is C10H12F2N4. The molecule has 6 heteroatoms. The maximum Gasteiger partial charge on any atom is 0.282 e. The summed E-state index contributed by atoms with van der Waals surface area (Å²) in [4.78, 5) is 9.82. The summed E-state index contributed by atoms with van der Waals surface area (Å²) in [6.07, 6.45) is 2.75. The molecule has 2 aliphatic rings. The van der Waals surface area contributed by atoms with Gasteiger partial charge in [-0.3, -0.25) is 0 Å². The summed E-state index contributed by atoms with van der Waals surface area (Å²) in [6.45, 7) is -0.508. The summed E-state index contributed by atoms with van der Waals surface area (Å²) >= 11 is 0. The highest BCUT2D eigenvalue weighted by atomic mass is 19.3. The molecule has 0 amide bonds. The number of halogens is 2. The van der Waals surface area contributed by atoms with Crippen LogP contribution in [0, 0.1) is 0 Å². The van der Waals surface area contributed by atoms with Crippen LogP contribution >= 0.6 is 0 Å². The topological polar surface area (TPSA) is 55.0 Å². The Labute approximate surface area is 91.5 Å². The first-order valence-electron chi connectivity index (χ1n) is 5.33. The zero-order valence-electron chi connectivity index (χ0n) is 8.71. The average molecular weight is 226 g/mol. The van der Waals surface area contributed by atoms with Gasteiger partial charge in [0.05, 0.1) is 18.8 Å². The van der Waals surface area contributed by atoms with Crippen molar-refractivity contribution in [3.63, 3.8) is 0 Å². The van der Waals surface area contributed by atoms with E-state index in [4.69, 9.17) is 5.73 Å². The Bertz CT molecular complexity index is 439. The van der Waals surface area contributed by atoms with Crippen LogP contribution in [0.1, 0.15) is 17.7 Å². The lowest BCUT2D eigenvalue weighted by Crippen LogP contribution is -2.57. The van der Waals surface area contributed by atoms with Gasteiger partial charge in [-0.05, 0) is 19.3 Å². The van der Waals surface area contributed by atoms with Crippen molar-refractivity contribution in [1.29, 1.82) is 0 Å². The van der Waals surface area contributed by atoms with Gasteiger partial charge in [0.2, 0.25) is 5.95 Å². The highest BCUT2D eigenvalue weighted by Crippen LogP contribution is 2.36. The van der Waals surface area contributed by atoms with Gasteiger partial charge < -0.3 is 10.6 Å². The van der Waals surface area contributed by atoms with Gasteiger partial charge in [-0.1, -0.05) is 0 Å². The molecule has 0 saturated carbocycles. The molecule has 1 fully saturated rings. The van der Waals surface area contributed by atoms with Gasteiger partial charge in [0.1, 0.15) is 5.82 Å². The third-order valence-corrected chi connectivity index (χ3v) is 3.07. The number of rotatable bonds is 1. The van der Waals surface area contributed by atoms with Gasteiger partial charge in [-0.2, -0.15) is 4.98 Å². The molecule has 0 aromatic carbocycles. The second-order valence-corrected chi connectivity index (χ2v) is 4.40. The molecule has 2 heterocycles. The molecule has 1 aromatic heterocycles. The van der Waals surface area contributed by atoms with E-state index in [1.54, 1.807) is 4.90 Å². The van der Waals surface area contributed by atoms with Crippen LogP contribution in [0.25, 0.3) is 0 Å². The third-order valence-electron chi connectivity index (χ3n) is 3.07. The minimum absolute atomic E-state index is 0.186. The van der Waals surface area contributed by atoms with E-state index in [0.717, 1.165) is 30.5 Å². The molecule has 1 aromatic rings. The zero-order valence-corrected chi connectivity index (χ0v) is 8.71. The van der Waals surface area contributed by atoms with Gasteiger partial charge in [0, 0.05) is 5.56 Å². The fourth-order valence-electron chi connectivity index (χ4n) is 2.35. The summed E-state index contributed by atoms with van der Waals surface area (Å²) in [5, 5.41) is 0. The van der Waals surface area contributed by atoms with Crippen molar-refractivity contribution in [3.8, 4) is 0 Å². The number of fused-ring (bicyclic) bond motifs is 1. The lowest BCUT2D eigenvalue weighted by atomic mass is 10.1. The van der Waals surface area contributed by atoms with Crippen molar-refractivity contribution in [2.75, 3.05) is 23.7 Å². The molecule has 16 heavy (non-hydrogen) atoms. The molecule has 0 bridgehead atoms. The van der Waals surface area contributed by atoms with E-state index in [1.807, 2.05) is 0 Å². The number of nitrogens with two attached hydrogens (primary N) is 1. The van der Waals surface area contributed by atoms with E-state index in [2.05, 4.69) is 9.97 Å². The van der Waals surface area contributed by atoms with Gasteiger partial charge in [-0.25, -0.2) is 13.8 Å². The molecule has 1 saturated heterocycles. The highest BCUT2D eigenvalue weighted by molar-refractivity contribution is 5.55. The van der Waals surface area contributed by atoms with Crippen LogP contribution in [0.4, 0.5) is 20.5 Å². The predicted molar refractivity (Wildman–Crippen MR) is 55.6 cm³/mol. The van der Waals surface area contributed by atoms with Crippen molar-refractivity contribution in [3.05, 3.63) is 11.3 Å². The molecule has 1 aliphatic carbocycles. The molecule has 4 nitrogen and oxygen atoms in total. The Morgan fingerprint density at radius 1 is 1.19 bits per heavy atom. The third kappa shape index (κ3) is 1.40. The number of aromatic nitrogens is 2. The minimum Gasteiger partial charge on any atom is -0.368 e. The standard InChI is InChI=1S/C10H12F2N4/c11-10(12)4-16(5-10)8-6-2-1-3-7(6)14-9(13)15-8/h1-5H2,(H2,13,14,15). The number of nitrogen functional groups attached to an aromatic ring is 1. The number of nitrogens with zero attached hydrogens (tertiary/aromatic N) is 3. The second kappa shape index (κ2) is 3.02. The molecule has 86 valence electrons.